The molecular weight excluding hydrogens is 551 g/mol. The molecule has 0 spiro atoms. The van der Waals surface area contributed by atoms with E-state index in [1.165, 1.54) is 24.0 Å². The van der Waals surface area contributed by atoms with Crippen LogP contribution in [0.4, 0.5) is 24.5 Å². The van der Waals surface area contributed by atoms with Crippen molar-refractivity contribution in [3.8, 4) is 11.8 Å². The number of guanidine groups is 1. The summed E-state index contributed by atoms with van der Waals surface area (Å²) in [7, 11) is 0. The molecule has 210 valence electrons. The number of para-hydroxylation sites is 1. The van der Waals surface area contributed by atoms with E-state index < -0.39 is 54.2 Å². The first-order chi connectivity index (χ1) is 18.8. The lowest BCUT2D eigenvalue weighted by Gasteiger charge is -2.27. The zero-order chi connectivity index (χ0) is 29.6. The van der Waals surface area contributed by atoms with E-state index >= 15 is 0 Å². The molecule has 0 aromatic heterocycles. The maximum absolute atomic E-state index is 13.7. The Kier molecular flexibility index (Phi) is 9.43. The summed E-state index contributed by atoms with van der Waals surface area (Å²) in [5.41, 5.74) is 6.38. The maximum Gasteiger partial charge on any atom is 0.491 e. The number of amides is 2. The molecule has 4 N–H and O–H groups in total. The van der Waals surface area contributed by atoms with Crippen LogP contribution < -0.4 is 16.0 Å². The van der Waals surface area contributed by atoms with Gasteiger partial charge in [0.25, 0.3) is 11.8 Å². The van der Waals surface area contributed by atoms with Crippen molar-refractivity contribution in [2.24, 2.45) is 5.73 Å². The Balaban J connectivity index is 1.97. The van der Waals surface area contributed by atoms with E-state index in [4.69, 9.17) is 11.1 Å². The van der Waals surface area contributed by atoms with E-state index in [1.807, 2.05) is 0 Å². The van der Waals surface area contributed by atoms with Gasteiger partial charge in [0, 0.05) is 23.8 Å². The molecular formula is C26H24F3N5O5S. The number of halogens is 3. The topological polar surface area (TPSA) is 146 Å². The van der Waals surface area contributed by atoms with Crippen molar-refractivity contribution in [2.45, 2.75) is 30.8 Å². The summed E-state index contributed by atoms with van der Waals surface area (Å²) >= 11 is 4.30. The number of alkyl halides is 3. The number of hydrogen-bond acceptors (Lipinski definition) is 7. The van der Waals surface area contributed by atoms with Gasteiger partial charge >= 0.3 is 18.1 Å². The Labute approximate surface area is 232 Å². The third-order valence-corrected chi connectivity index (χ3v) is 5.91. The van der Waals surface area contributed by atoms with Crippen molar-refractivity contribution in [1.29, 1.82) is 5.41 Å². The molecule has 14 heteroatoms. The second kappa shape index (κ2) is 12.6. The van der Waals surface area contributed by atoms with E-state index in [0.717, 1.165) is 4.90 Å². The van der Waals surface area contributed by atoms with Gasteiger partial charge in [-0.15, -0.1) is 0 Å². The van der Waals surface area contributed by atoms with Gasteiger partial charge in [-0.3, -0.25) is 24.7 Å². The van der Waals surface area contributed by atoms with Gasteiger partial charge in [0.1, 0.15) is 6.54 Å². The number of ether oxygens (including phenoxy) is 1. The molecule has 1 aliphatic heterocycles. The predicted molar refractivity (Wildman–Crippen MR) is 142 cm³/mol. The molecule has 10 nitrogen and oxygen atoms in total. The Morgan fingerprint density at radius 3 is 2.50 bits per heavy atom. The number of hydrogen-bond donors (Lipinski definition) is 4. The highest BCUT2D eigenvalue weighted by molar-refractivity contribution is 7.81. The van der Waals surface area contributed by atoms with Gasteiger partial charge in [-0.2, -0.15) is 25.8 Å². The molecule has 1 heterocycles. The van der Waals surface area contributed by atoms with E-state index in [2.05, 4.69) is 34.5 Å². The highest BCUT2D eigenvalue weighted by Crippen LogP contribution is 2.34. The first kappa shape index (κ1) is 30.0. The summed E-state index contributed by atoms with van der Waals surface area (Å²) in [6, 6.07) is 11.9. The van der Waals surface area contributed by atoms with Crippen LogP contribution in [0.1, 0.15) is 29.3 Å². The number of nitrogens with one attached hydrogen (secondary N) is 2. The van der Waals surface area contributed by atoms with E-state index in [1.54, 1.807) is 36.4 Å². The standard InChI is InChI=1S/C26H24F3N5O5S/c1-15(11-22(36)39-24(38)26(27,28)29)33-14-21(35)34(17-5-3-2-4-6-17)20-10-8-16(12-19(20)23(33)37)7-9-18(40)13-32-25(30)31/h2-6,8,10,12,15,18,40H,11,13-14H2,1H3,(H4,30,31,32). The van der Waals surface area contributed by atoms with Gasteiger partial charge in [-0.25, -0.2) is 4.79 Å². The summed E-state index contributed by atoms with van der Waals surface area (Å²) in [6.45, 7) is 1.02. The summed E-state index contributed by atoms with van der Waals surface area (Å²) in [6.07, 6.45) is -6.14. The molecule has 0 saturated carbocycles. The normalized spacial score (nSPS) is 14.7. The van der Waals surface area contributed by atoms with Crippen LogP contribution in [0.5, 0.6) is 0 Å². The summed E-state index contributed by atoms with van der Waals surface area (Å²) in [4.78, 5) is 52.5. The zero-order valence-electron chi connectivity index (χ0n) is 21.0. The number of carbonyl (C=O) groups excluding carboxylic acids is 4. The molecule has 0 aliphatic carbocycles. The smallest absolute Gasteiger partial charge is 0.386 e. The molecule has 2 atom stereocenters. The molecule has 0 bridgehead atoms. The summed E-state index contributed by atoms with van der Waals surface area (Å²) in [5, 5.41) is 9.28. The molecule has 3 rings (SSSR count). The first-order valence-corrected chi connectivity index (χ1v) is 12.2. The number of carbonyl (C=O) groups is 4. The average Bonchev–Trinajstić information content (AvgIpc) is 2.99. The molecule has 2 aromatic carbocycles. The predicted octanol–water partition coefficient (Wildman–Crippen LogP) is 2.35. The fourth-order valence-corrected chi connectivity index (χ4v) is 3.91. The molecule has 1 aliphatic rings. The Morgan fingerprint density at radius 2 is 1.88 bits per heavy atom. The second-order valence-electron chi connectivity index (χ2n) is 8.62. The molecule has 40 heavy (non-hydrogen) atoms. The van der Waals surface area contributed by atoms with Crippen molar-refractivity contribution < 1.29 is 37.1 Å². The maximum atomic E-state index is 13.7. The van der Waals surface area contributed by atoms with Gasteiger partial charge in [0.2, 0.25) is 0 Å². The Morgan fingerprint density at radius 1 is 1.20 bits per heavy atom. The Bertz CT molecular complexity index is 1390. The van der Waals surface area contributed by atoms with Crippen molar-refractivity contribution in [1.82, 2.24) is 10.2 Å². The van der Waals surface area contributed by atoms with Crippen LogP contribution in [0.2, 0.25) is 0 Å². The van der Waals surface area contributed by atoms with Gasteiger partial charge in [0.05, 0.1) is 22.9 Å². The number of benzene rings is 2. The largest absolute Gasteiger partial charge is 0.491 e. The van der Waals surface area contributed by atoms with Gasteiger partial charge in [-0.05, 0) is 37.3 Å². The molecule has 0 fully saturated rings. The lowest BCUT2D eigenvalue weighted by Crippen LogP contribution is -2.44. The van der Waals surface area contributed by atoms with Gasteiger partial charge < -0.3 is 20.7 Å². The van der Waals surface area contributed by atoms with Crippen LogP contribution in [0.15, 0.2) is 48.5 Å². The van der Waals surface area contributed by atoms with Crippen molar-refractivity contribution in [3.05, 3.63) is 59.7 Å². The number of rotatable bonds is 6. The zero-order valence-corrected chi connectivity index (χ0v) is 21.9. The van der Waals surface area contributed by atoms with Crippen molar-refractivity contribution in [3.63, 3.8) is 0 Å². The van der Waals surface area contributed by atoms with E-state index in [-0.39, 0.29) is 23.8 Å². The van der Waals surface area contributed by atoms with Crippen LogP contribution in [0, 0.1) is 17.3 Å². The third kappa shape index (κ3) is 7.54. The minimum absolute atomic E-state index is 0.0469. The molecule has 0 radical (unpaired) electrons. The van der Waals surface area contributed by atoms with Crippen LogP contribution in [-0.2, 0) is 19.1 Å². The number of fused-ring (bicyclic) bond motifs is 1. The molecule has 0 saturated heterocycles. The number of anilines is 2. The number of esters is 2. The lowest BCUT2D eigenvalue weighted by atomic mass is 10.1. The number of thiol groups is 1. The van der Waals surface area contributed by atoms with Gasteiger partial charge in [-0.1, -0.05) is 30.0 Å². The van der Waals surface area contributed by atoms with Crippen LogP contribution >= 0.6 is 12.6 Å². The second-order valence-corrected chi connectivity index (χ2v) is 9.25. The number of nitrogens with two attached hydrogens (primary N) is 1. The van der Waals surface area contributed by atoms with Crippen LogP contribution in [-0.4, -0.2) is 65.2 Å². The average molecular weight is 576 g/mol. The SMILES string of the molecule is CC(CC(=O)OC(=O)C(F)(F)F)N1CC(=O)N(c2ccccc2)c2ccc(C#CC(S)CNC(=N)N)cc2C1=O. The van der Waals surface area contributed by atoms with Crippen LogP contribution in [0.3, 0.4) is 0 Å². The minimum Gasteiger partial charge on any atom is -0.386 e. The highest BCUT2D eigenvalue weighted by Gasteiger charge is 2.43. The molecule has 2 aromatic rings. The number of nitrogens with zero attached hydrogens (tertiary/aromatic N) is 2. The van der Waals surface area contributed by atoms with Gasteiger partial charge in [0.15, 0.2) is 5.96 Å². The first-order valence-electron chi connectivity index (χ1n) is 11.7. The molecule has 2 amide bonds. The quantitative estimate of drug-likeness (QED) is 0.103. The van der Waals surface area contributed by atoms with Crippen molar-refractivity contribution in [2.75, 3.05) is 18.0 Å². The fraction of sp³-hybridized carbons (Fsp3) is 0.269. The van der Waals surface area contributed by atoms with Crippen LogP contribution in [0.25, 0.3) is 0 Å². The van der Waals surface area contributed by atoms with E-state index in [0.29, 0.717) is 11.3 Å². The summed E-state index contributed by atoms with van der Waals surface area (Å²) < 4.78 is 41.3. The lowest BCUT2D eigenvalue weighted by molar-refractivity contribution is -0.202. The highest BCUT2D eigenvalue weighted by atomic mass is 32.1. The Hall–Kier alpha value is -4.51. The fourth-order valence-electron chi connectivity index (χ4n) is 3.75. The summed E-state index contributed by atoms with van der Waals surface area (Å²) in [5.74, 6) is 0.0540. The minimum atomic E-state index is -5.37. The van der Waals surface area contributed by atoms with Crippen molar-refractivity contribution >= 4 is 53.7 Å². The monoisotopic (exact) mass is 575 g/mol. The third-order valence-electron chi connectivity index (χ3n) is 5.60. The van der Waals surface area contributed by atoms with E-state index in [9.17, 15) is 32.3 Å². The molecule has 2 unspecified atom stereocenters.